The maximum absolute atomic E-state index is 14.5. The molecule has 2 heterocycles. The van der Waals surface area contributed by atoms with E-state index >= 15 is 0 Å². The van der Waals surface area contributed by atoms with E-state index in [1.54, 1.807) is 44.2 Å². The van der Waals surface area contributed by atoms with Crippen molar-refractivity contribution in [1.29, 1.82) is 5.26 Å². The first-order valence-corrected chi connectivity index (χ1v) is 10.1. The number of carbonyl (C=O) groups excluding carboxylic acids is 2. The summed E-state index contributed by atoms with van der Waals surface area (Å²) in [4.78, 5) is 29.2. The molecule has 0 unspecified atom stereocenters. The second-order valence-corrected chi connectivity index (χ2v) is 7.69. The molecule has 4 rings (SSSR count). The van der Waals surface area contributed by atoms with E-state index in [-0.39, 0.29) is 34.5 Å². The highest BCUT2D eigenvalue weighted by molar-refractivity contribution is 6.15. The van der Waals surface area contributed by atoms with Gasteiger partial charge in [0.05, 0.1) is 35.0 Å². The average Bonchev–Trinajstić information content (AvgIpc) is 3.06. The van der Waals surface area contributed by atoms with Crippen LogP contribution in [0.3, 0.4) is 0 Å². The smallest absolute Gasteiger partial charge is 0.267 e. The molecule has 0 radical (unpaired) electrons. The van der Waals surface area contributed by atoms with Gasteiger partial charge in [0.15, 0.2) is 0 Å². The summed E-state index contributed by atoms with van der Waals surface area (Å²) in [5.41, 5.74) is 12.3. The molecule has 0 aliphatic heterocycles. The lowest BCUT2D eigenvalue weighted by atomic mass is 9.92. The van der Waals surface area contributed by atoms with E-state index in [0.717, 1.165) is 12.1 Å². The number of rotatable bonds is 5. The monoisotopic (exact) mass is 460 g/mol. The molecule has 0 bridgehead atoms. The van der Waals surface area contributed by atoms with Crippen molar-refractivity contribution < 1.29 is 18.4 Å². The SMILES string of the molecule is Cc1nn(Cc2c(F)cc(C#N)cc2F)c(C)c1-c1c(C(N)=O)nc2ccccc2c1C(N)=O. The number of hydrogen-bond acceptors (Lipinski definition) is 5. The molecule has 2 aromatic heterocycles. The van der Waals surface area contributed by atoms with Gasteiger partial charge in [0.1, 0.15) is 17.3 Å². The number of nitrogens with two attached hydrogens (primary N) is 2. The van der Waals surface area contributed by atoms with Gasteiger partial charge in [-0.1, -0.05) is 18.2 Å². The highest BCUT2D eigenvalue weighted by atomic mass is 19.1. The molecule has 4 N–H and O–H groups in total. The zero-order chi connectivity index (χ0) is 24.7. The van der Waals surface area contributed by atoms with Gasteiger partial charge in [0, 0.05) is 27.8 Å². The molecule has 4 aromatic rings. The fourth-order valence-corrected chi connectivity index (χ4v) is 4.07. The van der Waals surface area contributed by atoms with Gasteiger partial charge < -0.3 is 11.5 Å². The van der Waals surface area contributed by atoms with E-state index in [4.69, 9.17) is 16.7 Å². The highest BCUT2D eigenvalue weighted by Crippen LogP contribution is 2.36. The Balaban J connectivity index is 1.98. The van der Waals surface area contributed by atoms with Crippen LogP contribution in [-0.2, 0) is 6.54 Å². The largest absolute Gasteiger partial charge is 0.366 e. The predicted molar refractivity (Wildman–Crippen MR) is 120 cm³/mol. The van der Waals surface area contributed by atoms with E-state index in [1.165, 1.54) is 4.68 Å². The van der Waals surface area contributed by atoms with Crippen LogP contribution in [0, 0.1) is 36.8 Å². The number of primary amides is 2. The molecular weight excluding hydrogens is 442 g/mol. The summed E-state index contributed by atoms with van der Waals surface area (Å²) in [6, 6.07) is 10.2. The lowest BCUT2D eigenvalue weighted by Crippen LogP contribution is -2.21. The molecule has 2 aromatic carbocycles. The minimum atomic E-state index is -0.895. The van der Waals surface area contributed by atoms with Crippen molar-refractivity contribution in [1.82, 2.24) is 14.8 Å². The topological polar surface area (TPSA) is 141 Å². The van der Waals surface area contributed by atoms with E-state index in [1.807, 2.05) is 0 Å². The Hall–Kier alpha value is -4.65. The van der Waals surface area contributed by atoms with Gasteiger partial charge in [0.2, 0.25) is 5.91 Å². The molecule has 0 saturated carbocycles. The molecule has 8 nitrogen and oxygen atoms in total. The van der Waals surface area contributed by atoms with Crippen LogP contribution in [0.15, 0.2) is 36.4 Å². The predicted octanol–water partition coefficient (Wildman–Crippen LogP) is 3.11. The van der Waals surface area contributed by atoms with Crippen LogP contribution in [0.4, 0.5) is 8.78 Å². The number of hydrogen-bond donors (Lipinski definition) is 2. The quantitative estimate of drug-likeness (QED) is 0.471. The zero-order valence-corrected chi connectivity index (χ0v) is 18.2. The summed E-state index contributed by atoms with van der Waals surface area (Å²) >= 11 is 0. The number of aryl methyl sites for hydroxylation is 1. The number of benzene rings is 2. The fraction of sp³-hybridized carbons (Fsp3) is 0.125. The summed E-state index contributed by atoms with van der Waals surface area (Å²) in [6.07, 6.45) is 0. The molecule has 2 amide bonds. The minimum Gasteiger partial charge on any atom is -0.366 e. The van der Waals surface area contributed by atoms with Gasteiger partial charge in [-0.2, -0.15) is 10.4 Å². The standard InChI is InChI=1S/C24H18F2N6O2/c1-11-19(12(2)32(31-11)10-15-16(25)7-13(9-27)8-17(15)26)21-20(23(28)33)14-5-3-4-6-18(14)30-22(21)24(29)34/h3-8H,10H2,1-2H3,(H2,28,33)(H2,29,34). The molecule has 0 spiro atoms. The second-order valence-electron chi connectivity index (χ2n) is 7.69. The maximum Gasteiger partial charge on any atom is 0.267 e. The minimum absolute atomic E-state index is 0.0425. The van der Waals surface area contributed by atoms with E-state index in [9.17, 15) is 18.4 Å². The van der Waals surface area contributed by atoms with Crippen LogP contribution in [-0.4, -0.2) is 26.6 Å². The molecule has 170 valence electrons. The second kappa shape index (κ2) is 8.37. The lowest BCUT2D eigenvalue weighted by molar-refractivity contribution is 0.0996. The Morgan fingerprint density at radius 3 is 2.29 bits per heavy atom. The Kier molecular flexibility index (Phi) is 5.55. The molecule has 10 heteroatoms. The Labute approximate surface area is 192 Å². The van der Waals surface area contributed by atoms with Crippen molar-refractivity contribution in [3.8, 4) is 17.2 Å². The number of amides is 2. The normalized spacial score (nSPS) is 10.9. The number of nitrogens with zero attached hydrogens (tertiary/aromatic N) is 4. The molecule has 0 atom stereocenters. The van der Waals surface area contributed by atoms with Gasteiger partial charge in [-0.15, -0.1) is 0 Å². The van der Waals surface area contributed by atoms with Crippen molar-refractivity contribution in [2.75, 3.05) is 0 Å². The molecule has 0 fully saturated rings. The third-order valence-corrected chi connectivity index (χ3v) is 5.58. The first-order chi connectivity index (χ1) is 16.1. The first-order valence-electron chi connectivity index (χ1n) is 10.1. The summed E-state index contributed by atoms with van der Waals surface area (Å²) < 4.78 is 30.3. The van der Waals surface area contributed by atoms with Gasteiger partial charge in [0.25, 0.3) is 5.91 Å². The Morgan fingerprint density at radius 1 is 1.06 bits per heavy atom. The van der Waals surface area contributed by atoms with Crippen molar-refractivity contribution in [2.45, 2.75) is 20.4 Å². The number of aromatic nitrogens is 3. The van der Waals surface area contributed by atoms with E-state index < -0.39 is 23.4 Å². The van der Waals surface area contributed by atoms with Crippen LogP contribution in [0.2, 0.25) is 0 Å². The Bertz CT molecular complexity index is 1530. The molecular formula is C24H18F2N6O2. The lowest BCUT2D eigenvalue weighted by Gasteiger charge is -2.15. The van der Waals surface area contributed by atoms with E-state index in [0.29, 0.717) is 27.9 Å². The highest BCUT2D eigenvalue weighted by Gasteiger charge is 2.28. The number of nitriles is 1. The van der Waals surface area contributed by atoms with Crippen molar-refractivity contribution in [3.63, 3.8) is 0 Å². The van der Waals surface area contributed by atoms with Crippen LogP contribution < -0.4 is 11.5 Å². The average molecular weight is 460 g/mol. The first kappa shape index (κ1) is 22.5. The molecule has 34 heavy (non-hydrogen) atoms. The van der Waals surface area contributed by atoms with Crippen LogP contribution in [0.5, 0.6) is 0 Å². The van der Waals surface area contributed by atoms with Crippen LogP contribution >= 0.6 is 0 Å². The van der Waals surface area contributed by atoms with Crippen LogP contribution in [0.25, 0.3) is 22.0 Å². The van der Waals surface area contributed by atoms with Gasteiger partial charge in [-0.25, -0.2) is 13.8 Å². The van der Waals surface area contributed by atoms with Crippen molar-refractivity contribution >= 4 is 22.7 Å². The summed E-state index contributed by atoms with van der Waals surface area (Å²) in [5, 5.41) is 13.7. The van der Waals surface area contributed by atoms with Gasteiger partial charge in [-0.3, -0.25) is 14.3 Å². The summed E-state index contributed by atoms with van der Waals surface area (Å²) in [6.45, 7) is 2.95. The third kappa shape index (κ3) is 3.63. The fourth-order valence-electron chi connectivity index (χ4n) is 4.07. The number of halogens is 2. The molecule has 0 aliphatic carbocycles. The summed E-state index contributed by atoms with van der Waals surface area (Å²) in [5.74, 6) is -3.46. The number of para-hydroxylation sites is 1. The number of pyridine rings is 1. The molecule has 0 aliphatic rings. The number of fused-ring (bicyclic) bond motifs is 1. The van der Waals surface area contributed by atoms with E-state index in [2.05, 4.69) is 10.1 Å². The van der Waals surface area contributed by atoms with Crippen molar-refractivity contribution in [2.24, 2.45) is 11.5 Å². The van der Waals surface area contributed by atoms with Crippen LogP contribution in [0.1, 0.15) is 43.4 Å². The van der Waals surface area contributed by atoms with Gasteiger partial charge >= 0.3 is 0 Å². The Morgan fingerprint density at radius 2 is 1.71 bits per heavy atom. The molecule has 0 saturated heterocycles. The van der Waals surface area contributed by atoms with Crippen molar-refractivity contribution in [3.05, 3.63) is 81.8 Å². The number of carbonyl (C=O) groups is 2. The third-order valence-electron chi connectivity index (χ3n) is 5.58. The maximum atomic E-state index is 14.5. The van der Waals surface area contributed by atoms with Gasteiger partial charge in [-0.05, 0) is 32.0 Å². The summed E-state index contributed by atoms with van der Waals surface area (Å²) in [7, 11) is 0. The zero-order valence-electron chi connectivity index (χ0n) is 18.2.